The van der Waals surface area contributed by atoms with Crippen LogP contribution in [-0.2, 0) is 10.1 Å². The molecule has 13 heavy (non-hydrogen) atoms. The third kappa shape index (κ3) is 10.4. The van der Waals surface area contributed by atoms with E-state index in [0.29, 0.717) is 0 Å². The molecular formula is C7H14NNaO3S. The van der Waals surface area contributed by atoms with E-state index < -0.39 is 15.9 Å². The van der Waals surface area contributed by atoms with Gasteiger partial charge in [0.2, 0.25) is 0 Å². The number of nitrogens with zero attached hydrogens (tertiary/aromatic N) is 1. The summed E-state index contributed by atoms with van der Waals surface area (Å²) in [5, 5.41) is 0. The zero-order valence-electron chi connectivity index (χ0n) is 8.36. The largest absolute Gasteiger partial charge is 1.00 e. The second-order valence-electron chi connectivity index (χ2n) is 2.33. The molecule has 0 heterocycles. The van der Waals surface area contributed by atoms with Crippen LogP contribution in [0.3, 0.4) is 0 Å². The van der Waals surface area contributed by atoms with Gasteiger partial charge in [-0.15, -0.1) is 0 Å². The molecule has 0 radical (unpaired) electrons. The molecule has 0 aromatic carbocycles. The van der Waals surface area contributed by atoms with Gasteiger partial charge in [0.15, 0.2) is 0 Å². The average Bonchev–Trinajstić information content (AvgIpc) is 1.96. The molecule has 0 spiro atoms. The molecule has 0 saturated carbocycles. The second-order valence-corrected chi connectivity index (χ2v) is 3.78. The fourth-order valence-electron chi connectivity index (χ4n) is 0.744. The van der Waals surface area contributed by atoms with Crippen molar-refractivity contribution < 1.29 is 42.5 Å². The molecule has 0 N–H and O–H groups in total. The molecule has 0 bridgehead atoms. The fourth-order valence-corrected chi connectivity index (χ4v) is 1.07. The quantitative estimate of drug-likeness (QED) is 0.372. The molecule has 0 fully saturated rings. The van der Waals surface area contributed by atoms with E-state index in [4.69, 9.17) is 0 Å². The summed E-state index contributed by atoms with van der Waals surface area (Å²) in [5.74, 6) is -0.427. The van der Waals surface area contributed by atoms with Crippen LogP contribution in [0.25, 0.3) is 0 Å². The summed E-state index contributed by atoms with van der Waals surface area (Å²) in [6.45, 7) is 5.54. The van der Waals surface area contributed by atoms with E-state index in [2.05, 4.69) is 0 Å². The van der Waals surface area contributed by atoms with Crippen LogP contribution in [0.15, 0.2) is 12.3 Å². The molecule has 0 amide bonds. The Morgan fingerprint density at radius 2 is 1.77 bits per heavy atom. The standard InChI is InChI=1S/C7H15NO3S.Na/c1-3-8(4-2)6-5-7-12(9,10)11;/h5-6H,3-4,7H2,1-2H3,(H,9,10,11);/q;+1/p-1. The summed E-state index contributed by atoms with van der Waals surface area (Å²) in [5.41, 5.74) is 0. The summed E-state index contributed by atoms with van der Waals surface area (Å²) < 4.78 is 30.5. The van der Waals surface area contributed by atoms with E-state index in [0.717, 1.165) is 13.1 Å². The molecule has 0 aliphatic heterocycles. The molecular weight excluding hydrogens is 201 g/mol. The number of hydrogen-bond acceptors (Lipinski definition) is 4. The van der Waals surface area contributed by atoms with E-state index >= 15 is 0 Å². The minimum absolute atomic E-state index is 0. The third-order valence-corrected chi connectivity index (χ3v) is 2.03. The Labute approximate surface area is 102 Å². The van der Waals surface area contributed by atoms with E-state index in [9.17, 15) is 13.0 Å². The van der Waals surface area contributed by atoms with Gasteiger partial charge in [-0.05, 0) is 20.0 Å². The maximum absolute atomic E-state index is 10.2. The van der Waals surface area contributed by atoms with Gasteiger partial charge < -0.3 is 9.45 Å². The molecule has 0 aromatic rings. The van der Waals surface area contributed by atoms with Gasteiger partial charge in [-0.1, -0.05) is 6.08 Å². The molecule has 72 valence electrons. The van der Waals surface area contributed by atoms with Gasteiger partial charge in [-0.25, -0.2) is 8.42 Å². The molecule has 0 rings (SSSR count). The van der Waals surface area contributed by atoms with Crippen LogP contribution >= 0.6 is 0 Å². The summed E-state index contributed by atoms with van der Waals surface area (Å²) >= 11 is 0. The van der Waals surface area contributed by atoms with Crippen LogP contribution in [0, 0.1) is 0 Å². The predicted octanol–water partition coefficient (Wildman–Crippen LogP) is -2.61. The van der Waals surface area contributed by atoms with Crippen LogP contribution in [0.5, 0.6) is 0 Å². The van der Waals surface area contributed by atoms with Crippen molar-refractivity contribution in [1.82, 2.24) is 4.90 Å². The first-order valence-corrected chi connectivity index (χ1v) is 5.41. The first-order chi connectivity index (χ1) is 5.49. The minimum atomic E-state index is -4.10. The maximum atomic E-state index is 10.2. The van der Waals surface area contributed by atoms with Crippen LogP contribution < -0.4 is 29.6 Å². The molecule has 0 aliphatic carbocycles. The Morgan fingerprint density at radius 1 is 1.31 bits per heavy atom. The van der Waals surface area contributed by atoms with E-state index in [-0.39, 0.29) is 29.6 Å². The Hall–Kier alpha value is 0.450. The molecule has 6 heteroatoms. The summed E-state index contributed by atoms with van der Waals surface area (Å²) in [6.07, 6.45) is 3.00. The first-order valence-electron chi connectivity index (χ1n) is 3.84. The number of rotatable bonds is 5. The third-order valence-electron chi connectivity index (χ3n) is 1.43. The molecule has 0 aliphatic rings. The van der Waals surface area contributed by atoms with Crippen LogP contribution in [0.4, 0.5) is 0 Å². The molecule has 0 unspecified atom stereocenters. The Bertz CT molecular complexity index is 234. The van der Waals surface area contributed by atoms with Gasteiger partial charge in [0.25, 0.3) is 0 Å². The smallest absolute Gasteiger partial charge is 0.748 e. The van der Waals surface area contributed by atoms with E-state index in [1.807, 2.05) is 18.7 Å². The van der Waals surface area contributed by atoms with Crippen LogP contribution in [0.1, 0.15) is 13.8 Å². The van der Waals surface area contributed by atoms with Crippen molar-refractivity contribution in [3.63, 3.8) is 0 Å². The minimum Gasteiger partial charge on any atom is -0.748 e. The van der Waals surface area contributed by atoms with Crippen LogP contribution in [0.2, 0.25) is 0 Å². The molecule has 0 atom stereocenters. The Morgan fingerprint density at radius 3 is 2.08 bits per heavy atom. The topological polar surface area (TPSA) is 60.4 Å². The SMILES string of the molecule is CCN(C=CCS(=O)(=O)[O-])CC.[Na+]. The van der Waals surface area contributed by atoms with Gasteiger partial charge in [0.1, 0.15) is 0 Å². The van der Waals surface area contributed by atoms with Gasteiger partial charge >= 0.3 is 29.6 Å². The second kappa shape index (κ2) is 7.82. The molecule has 4 nitrogen and oxygen atoms in total. The first kappa shape index (κ1) is 15.9. The van der Waals surface area contributed by atoms with E-state index in [1.165, 1.54) is 6.08 Å². The van der Waals surface area contributed by atoms with Crippen molar-refractivity contribution in [2.45, 2.75) is 13.8 Å². The zero-order valence-corrected chi connectivity index (χ0v) is 11.2. The summed E-state index contributed by atoms with van der Waals surface area (Å²) in [7, 11) is -4.10. The molecule has 0 aromatic heterocycles. The monoisotopic (exact) mass is 215 g/mol. The van der Waals surface area contributed by atoms with Gasteiger partial charge in [-0.2, -0.15) is 0 Å². The van der Waals surface area contributed by atoms with Crippen LogP contribution in [-0.4, -0.2) is 36.7 Å². The zero-order chi connectivity index (χ0) is 9.61. The van der Waals surface area contributed by atoms with Crippen molar-refractivity contribution >= 4 is 10.1 Å². The predicted molar refractivity (Wildman–Crippen MR) is 46.6 cm³/mol. The van der Waals surface area contributed by atoms with Crippen molar-refractivity contribution in [2.75, 3.05) is 18.8 Å². The normalized spacial score (nSPS) is 11.3. The molecule has 0 saturated heterocycles. The Kier molecular flexibility index (Phi) is 9.56. The number of hydrogen-bond donors (Lipinski definition) is 0. The van der Waals surface area contributed by atoms with Gasteiger partial charge in [-0.3, -0.25) is 0 Å². The summed E-state index contributed by atoms with van der Waals surface area (Å²) in [6, 6.07) is 0. The average molecular weight is 215 g/mol. The van der Waals surface area contributed by atoms with Crippen molar-refractivity contribution in [3.8, 4) is 0 Å². The fraction of sp³-hybridized carbons (Fsp3) is 0.714. The van der Waals surface area contributed by atoms with Gasteiger partial charge in [0.05, 0.1) is 15.9 Å². The van der Waals surface area contributed by atoms with Crippen molar-refractivity contribution in [1.29, 1.82) is 0 Å². The van der Waals surface area contributed by atoms with E-state index in [1.54, 1.807) is 6.20 Å². The van der Waals surface area contributed by atoms with Crippen molar-refractivity contribution in [2.24, 2.45) is 0 Å². The Balaban J connectivity index is 0. The maximum Gasteiger partial charge on any atom is 1.00 e. The summed E-state index contributed by atoms with van der Waals surface area (Å²) in [4.78, 5) is 1.91. The van der Waals surface area contributed by atoms with Crippen molar-refractivity contribution in [3.05, 3.63) is 12.3 Å². The van der Waals surface area contributed by atoms with Gasteiger partial charge in [0, 0.05) is 13.1 Å².